The molecule has 2 aromatic carbocycles. The van der Waals surface area contributed by atoms with Gasteiger partial charge in [-0.2, -0.15) is 0 Å². The van der Waals surface area contributed by atoms with E-state index in [1.165, 1.54) is 0 Å². The van der Waals surface area contributed by atoms with Gasteiger partial charge in [-0.3, -0.25) is 4.79 Å². The summed E-state index contributed by atoms with van der Waals surface area (Å²) in [6.45, 7) is 5.42. The van der Waals surface area contributed by atoms with Crippen LogP contribution in [0.15, 0.2) is 42.5 Å². The summed E-state index contributed by atoms with van der Waals surface area (Å²) in [7, 11) is 1.95. The van der Waals surface area contributed by atoms with Crippen LogP contribution < -0.4 is 14.8 Å². The lowest BCUT2D eigenvalue weighted by Crippen LogP contribution is -2.24. The highest BCUT2D eigenvalue weighted by atomic mass is 16.5. The Balaban J connectivity index is 1.73. The van der Waals surface area contributed by atoms with Gasteiger partial charge in [-0.25, -0.2) is 4.98 Å². The van der Waals surface area contributed by atoms with Gasteiger partial charge in [-0.15, -0.1) is 0 Å². The fraction of sp³-hybridized carbons (Fsp3) is 0.333. The number of ether oxygens (including phenoxy) is 2. The molecule has 1 N–H and O–H groups in total. The minimum atomic E-state index is -0.176. The number of benzene rings is 2. The van der Waals surface area contributed by atoms with Gasteiger partial charge in [0.15, 0.2) is 11.5 Å². The predicted molar refractivity (Wildman–Crippen MR) is 105 cm³/mol. The molecule has 0 aliphatic heterocycles. The van der Waals surface area contributed by atoms with Gasteiger partial charge in [0, 0.05) is 12.6 Å². The van der Waals surface area contributed by atoms with E-state index in [2.05, 4.69) is 10.3 Å². The summed E-state index contributed by atoms with van der Waals surface area (Å²) in [4.78, 5) is 17.2. The van der Waals surface area contributed by atoms with Crippen LogP contribution in [0.25, 0.3) is 11.0 Å². The van der Waals surface area contributed by atoms with Crippen LogP contribution in [0, 0.1) is 0 Å². The molecule has 27 heavy (non-hydrogen) atoms. The quantitative estimate of drug-likeness (QED) is 0.659. The minimum Gasteiger partial charge on any atom is -0.490 e. The van der Waals surface area contributed by atoms with E-state index in [-0.39, 0.29) is 5.91 Å². The molecule has 6 heteroatoms. The van der Waals surface area contributed by atoms with Gasteiger partial charge in [0.1, 0.15) is 5.82 Å². The number of imidazole rings is 1. The Morgan fingerprint density at radius 2 is 1.93 bits per heavy atom. The number of amides is 1. The number of rotatable bonds is 8. The molecule has 1 amide bonds. The lowest BCUT2D eigenvalue weighted by molar-refractivity contribution is 0.0949. The first-order valence-electron chi connectivity index (χ1n) is 9.22. The standard InChI is InChI=1S/C21H25N3O3/c1-4-12-27-18-11-10-15(13-19(18)26-5-2)21(25)22-14-20-23-16-8-6-7-9-17(16)24(20)3/h6-11,13H,4-5,12,14H2,1-3H3,(H,22,25). The molecule has 0 spiro atoms. The van der Waals surface area contributed by atoms with Crippen LogP contribution in [0.4, 0.5) is 0 Å². The molecule has 3 aromatic rings. The van der Waals surface area contributed by atoms with Gasteiger partial charge in [-0.1, -0.05) is 19.1 Å². The van der Waals surface area contributed by atoms with Crippen LogP contribution >= 0.6 is 0 Å². The number of fused-ring (bicyclic) bond motifs is 1. The summed E-state index contributed by atoms with van der Waals surface area (Å²) in [6.07, 6.45) is 0.909. The normalized spacial score (nSPS) is 10.8. The summed E-state index contributed by atoms with van der Waals surface area (Å²) in [6, 6.07) is 13.2. The topological polar surface area (TPSA) is 65.4 Å². The molecular formula is C21H25N3O3. The third-order valence-corrected chi connectivity index (χ3v) is 4.25. The number of para-hydroxylation sites is 2. The van der Waals surface area contributed by atoms with E-state index >= 15 is 0 Å². The van der Waals surface area contributed by atoms with E-state index in [4.69, 9.17) is 9.47 Å². The zero-order valence-corrected chi connectivity index (χ0v) is 16.0. The number of carbonyl (C=O) groups excluding carboxylic acids is 1. The van der Waals surface area contributed by atoms with Crippen molar-refractivity contribution in [1.82, 2.24) is 14.9 Å². The van der Waals surface area contributed by atoms with Crippen molar-refractivity contribution in [1.29, 1.82) is 0 Å². The third-order valence-electron chi connectivity index (χ3n) is 4.25. The van der Waals surface area contributed by atoms with Gasteiger partial charge in [0.25, 0.3) is 5.91 Å². The highest BCUT2D eigenvalue weighted by molar-refractivity contribution is 5.94. The van der Waals surface area contributed by atoms with Crippen LogP contribution in [0.3, 0.4) is 0 Å². The zero-order chi connectivity index (χ0) is 19.2. The van der Waals surface area contributed by atoms with Gasteiger partial charge < -0.3 is 19.4 Å². The number of nitrogens with zero attached hydrogens (tertiary/aromatic N) is 2. The second-order valence-corrected chi connectivity index (χ2v) is 6.20. The van der Waals surface area contributed by atoms with Crippen molar-refractivity contribution in [2.24, 2.45) is 7.05 Å². The van der Waals surface area contributed by atoms with Crippen LogP contribution in [0.2, 0.25) is 0 Å². The molecule has 0 saturated carbocycles. The number of aromatic nitrogens is 2. The summed E-state index contributed by atoms with van der Waals surface area (Å²) >= 11 is 0. The fourth-order valence-electron chi connectivity index (χ4n) is 2.86. The average molecular weight is 367 g/mol. The summed E-state index contributed by atoms with van der Waals surface area (Å²) in [5, 5.41) is 2.93. The molecule has 0 radical (unpaired) electrons. The largest absolute Gasteiger partial charge is 0.490 e. The molecule has 0 saturated heterocycles. The highest BCUT2D eigenvalue weighted by Crippen LogP contribution is 2.28. The Morgan fingerprint density at radius 1 is 1.11 bits per heavy atom. The Labute approximate surface area is 159 Å². The first-order valence-corrected chi connectivity index (χ1v) is 9.22. The van der Waals surface area contributed by atoms with Crippen LogP contribution in [0.5, 0.6) is 11.5 Å². The van der Waals surface area contributed by atoms with Crippen molar-refractivity contribution in [3.05, 3.63) is 53.9 Å². The SMILES string of the molecule is CCCOc1ccc(C(=O)NCc2nc3ccccc3n2C)cc1OCC. The molecule has 0 aliphatic rings. The van der Waals surface area contributed by atoms with Gasteiger partial charge >= 0.3 is 0 Å². The van der Waals surface area contributed by atoms with E-state index in [0.717, 1.165) is 23.3 Å². The third kappa shape index (κ3) is 4.22. The number of aryl methyl sites for hydroxylation is 1. The Kier molecular flexibility index (Phi) is 5.96. The smallest absolute Gasteiger partial charge is 0.251 e. The Morgan fingerprint density at radius 3 is 2.67 bits per heavy atom. The fourth-order valence-corrected chi connectivity index (χ4v) is 2.86. The second-order valence-electron chi connectivity index (χ2n) is 6.20. The molecule has 0 bridgehead atoms. The number of hydrogen-bond donors (Lipinski definition) is 1. The van der Waals surface area contributed by atoms with Crippen molar-refractivity contribution in [3.8, 4) is 11.5 Å². The van der Waals surface area contributed by atoms with Crippen molar-refractivity contribution in [3.63, 3.8) is 0 Å². The molecular weight excluding hydrogens is 342 g/mol. The lowest BCUT2D eigenvalue weighted by atomic mass is 10.2. The minimum absolute atomic E-state index is 0.176. The molecule has 6 nitrogen and oxygen atoms in total. The van der Waals surface area contributed by atoms with Crippen molar-refractivity contribution < 1.29 is 14.3 Å². The van der Waals surface area contributed by atoms with Gasteiger partial charge in [0.2, 0.25) is 0 Å². The molecule has 142 valence electrons. The molecule has 1 heterocycles. The molecule has 0 fully saturated rings. The molecule has 0 unspecified atom stereocenters. The summed E-state index contributed by atoms with van der Waals surface area (Å²) in [5.74, 6) is 1.87. The maximum atomic E-state index is 12.6. The number of nitrogens with one attached hydrogen (secondary N) is 1. The molecule has 0 aliphatic carbocycles. The van der Waals surface area contributed by atoms with E-state index in [1.807, 2.05) is 49.7 Å². The summed E-state index contributed by atoms with van der Waals surface area (Å²) < 4.78 is 13.3. The van der Waals surface area contributed by atoms with Gasteiger partial charge in [0.05, 0.1) is 30.8 Å². The van der Waals surface area contributed by atoms with Crippen molar-refractivity contribution in [2.75, 3.05) is 13.2 Å². The first kappa shape index (κ1) is 18.8. The van der Waals surface area contributed by atoms with Crippen LogP contribution in [-0.4, -0.2) is 28.7 Å². The zero-order valence-electron chi connectivity index (χ0n) is 16.0. The molecule has 1 aromatic heterocycles. The van der Waals surface area contributed by atoms with E-state index < -0.39 is 0 Å². The van der Waals surface area contributed by atoms with E-state index in [0.29, 0.717) is 36.8 Å². The maximum absolute atomic E-state index is 12.6. The maximum Gasteiger partial charge on any atom is 0.251 e. The molecule has 3 rings (SSSR count). The molecule has 0 atom stereocenters. The first-order chi connectivity index (χ1) is 13.1. The van der Waals surface area contributed by atoms with Crippen LogP contribution in [-0.2, 0) is 13.6 Å². The Bertz CT molecular complexity index is 934. The second kappa shape index (κ2) is 8.58. The van der Waals surface area contributed by atoms with Crippen molar-refractivity contribution in [2.45, 2.75) is 26.8 Å². The monoisotopic (exact) mass is 367 g/mol. The van der Waals surface area contributed by atoms with E-state index in [9.17, 15) is 4.79 Å². The number of hydrogen-bond acceptors (Lipinski definition) is 4. The van der Waals surface area contributed by atoms with Gasteiger partial charge in [-0.05, 0) is 43.7 Å². The van der Waals surface area contributed by atoms with E-state index in [1.54, 1.807) is 18.2 Å². The summed E-state index contributed by atoms with van der Waals surface area (Å²) in [5.41, 5.74) is 2.49. The predicted octanol–water partition coefficient (Wildman–Crippen LogP) is 3.69. The van der Waals surface area contributed by atoms with Crippen molar-refractivity contribution >= 4 is 16.9 Å². The van der Waals surface area contributed by atoms with Crippen LogP contribution in [0.1, 0.15) is 36.5 Å². The average Bonchev–Trinajstić information content (AvgIpc) is 3.01. The number of carbonyl (C=O) groups is 1. The Hall–Kier alpha value is -3.02. The highest BCUT2D eigenvalue weighted by Gasteiger charge is 2.13. The lowest BCUT2D eigenvalue weighted by Gasteiger charge is -2.13.